The zero-order chi connectivity index (χ0) is 15.9. The van der Waals surface area contributed by atoms with Crippen LogP contribution in [-0.2, 0) is 11.2 Å². The lowest BCUT2D eigenvalue weighted by molar-refractivity contribution is -0.115. The van der Waals surface area contributed by atoms with E-state index in [9.17, 15) is 4.79 Å². The summed E-state index contributed by atoms with van der Waals surface area (Å²) in [7, 11) is 0. The van der Waals surface area contributed by atoms with Gasteiger partial charge in [-0.05, 0) is 48.9 Å². The minimum atomic E-state index is -0.222. The van der Waals surface area contributed by atoms with E-state index in [1.165, 1.54) is 11.8 Å². The van der Waals surface area contributed by atoms with Crippen LogP contribution in [0.25, 0.3) is 0 Å². The van der Waals surface area contributed by atoms with E-state index in [0.29, 0.717) is 11.4 Å². The standard InChI is InChI=1S/C17H15ClN2OS/c1-12(22-16-8-4-14(18)5-9-16)17(21)20-15-6-2-13(3-7-15)10-11-19/h2-9,12H,10H2,1H3,(H,20,21). The van der Waals surface area contributed by atoms with Crippen LogP contribution in [0.2, 0.25) is 5.02 Å². The van der Waals surface area contributed by atoms with E-state index in [0.717, 1.165) is 16.1 Å². The predicted molar refractivity (Wildman–Crippen MR) is 91.2 cm³/mol. The number of hydrogen-bond donors (Lipinski definition) is 1. The second-order valence-corrected chi connectivity index (χ2v) is 6.59. The monoisotopic (exact) mass is 330 g/mol. The molecule has 0 bridgehead atoms. The molecule has 2 aromatic carbocycles. The van der Waals surface area contributed by atoms with Gasteiger partial charge in [0.2, 0.25) is 5.91 Å². The average Bonchev–Trinajstić information content (AvgIpc) is 2.51. The van der Waals surface area contributed by atoms with Gasteiger partial charge in [0.05, 0.1) is 17.7 Å². The summed E-state index contributed by atoms with van der Waals surface area (Å²) in [6.45, 7) is 1.86. The van der Waals surface area contributed by atoms with Gasteiger partial charge >= 0.3 is 0 Å². The van der Waals surface area contributed by atoms with Gasteiger partial charge in [0, 0.05) is 15.6 Å². The highest BCUT2D eigenvalue weighted by molar-refractivity contribution is 8.00. The first kappa shape index (κ1) is 16.4. The first-order valence-corrected chi connectivity index (χ1v) is 8.03. The Balaban J connectivity index is 1.93. The van der Waals surface area contributed by atoms with Crippen LogP contribution in [0.1, 0.15) is 12.5 Å². The first-order valence-electron chi connectivity index (χ1n) is 6.77. The Morgan fingerprint density at radius 1 is 1.23 bits per heavy atom. The Bertz CT molecular complexity index is 677. The Hall–Kier alpha value is -1.96. The lowest BCUT2D eigenvalue weighted by Crippen LogP contribution is -2.22. The van der Waals surface area contributed by atoms with Crippen LogP contribution in [0.4, 0.5) is 5.69 Å². The summed E-state index contributed by atoms with van der Waals surface area (Å²) in [6.07, 6.45) is 0.372. The van der Waals surface area contributed by atoms with Crippen molar-refractivity contribution in [3.8, 4) is 6.07 Å². The molecular formula is C17H15ClN2OS. The van der Waals surface area contributed by atoms with Crippen LogP contribution in [-0.4, -0.2) is 11.2 Å². The smallest absolute Gasteiger partial charge is 0.237 e. The van der Waals surface area contributed by atoms with Gasteiger partial charge in [0.25, 0.3) is 0 Å². The SMILES string of the molecule is CC(Sc1ccc(Cl)cc1)C(=O)Nc1ccc(CC#N)cc1. The van der Waals surface area contributed by atoms with Crippen molar-refractivity contribution < 1.29 is 4.79 Å². The topological polar surface area (TPSA) is 52.9 Å². The Morgan fingerprint density at radius 3 is 2.45 bits per heavy atom. The summed E-state index contributed by atoms with van der Waals surface area (Å²) in [6, 6.07) is 16.8. The van der Waals surface area contributed by atoms with Crippen LogP contribution >= 0.6 is 23.4 Å². The summed E-state index contributed by atoms with van der Waals surface area (Å²) < 4.78 is 0. The van der Waals surface area contributed by atoms with Crippen LogP contribution in [0, 0.1) is 11.3 Å². The van der Waals surface area contributed by atoms with Crippen molar-refractivity contribution in [2.75, 3.05) is 5.32 Å². The number of nitriles is 1. The van der Waals surface area contributed by atoms with E-state index in [-0.39, 0.29) is 11.2 Å². The van der Waals surface area contributed by atoms with E-state index in [2.05, 4.69) is 11.4 Å². The molecule has 1 atom stereocenters. The second-order valence-electron chi connectivity index (χ2n) is 4.74. The first-order chi connectivity index (χ1) is 10.6. The third-order valence-electron chi connectivity index (χ3n) is 3.00. The molecule has 0 heterocycles. The molecule has 0 aliphatic heterocycles. The van der Waals surface area contributed by atoms with Crippen LogP contribution in [0.15, 0.2) is 53.4 Å². The highest BCUT2D eigenvalue weighted by atomic mass is 35.5. The molecule has 1 amide bonds. The predicted octanol–water partition coefficient (Wildman–Crippen LogP) is 4.53. The number of halogens is 1. The molecule has 22 heavy (non-hydrogen) atoms. The average molecular weight is 331 g/mol. The lowest BCUT2D eigenvalue weighted by Gasteiger charge is -2.12. The van der Waals surface area contributed by atoms with Gasteiger partial charge < -0.3 is 5.32 Å². The Labute approximate surface area is 139 Å². The fourth-order valence-electron chi connectivity index (χ4n) is 1.81. The van der Waals surface area contributed by atoms with Gasteiger partial charge in [-0.2, -0.15) is 5.26 Å². The molecule has 0 aliphatic carbocycles. The zero-order valence-electron chi connectivity index (χ0n) is 12.0. The van der Waals surface area contributed by atoms with Gasteiger partial charge in [0.15, 0.2) is 0 Å². The van der Waals surface area contributed by atoms with E-state index in [1.807, 2.05) is 55.5 Å². The van der Waals surface area contributed by atoms with Crippen molar-refractivity contribution >= 4 is 35.0 Å². The lowest BCUT2D eigenvalue weighted by atomic mass is 10.1. The van der Waals surface area contributed by atoms with Crippen molar-refractivity contribution in [3.05, 3.63) is 59.1 Å². The number of carbonyl (C=O) groups excluding carboxylic acids is 1. The largest absolute Gasteiger partial charge is 0.325 e. The van der Waals surface area contributed by atoms with Crippen molar-refractivity contribution in [2.24, 2.45) is 0 Å². The van der Waals surface area contributed by atoms with Gasteiger partial charge in [-0.15, -0.1) is 11.8 Å². The molecule has 1 N–H and O–H groups in total. The van der Waals surface area contributed by atoms with Crippen molar-refractivity contribution in [1.29, 1.82) is 5.26 Å². The Morgan fingerprint density at radius 2 is 1.86 bits per heavy atom. The maximum atomic E-state index is 12.2. The van der Waals surface area contributed by atoms with Gasteiger partial charge in [-0.3, -0.25) is 4.79 Å². The molecule has 3 nitrogen and oxygen atoms in total. The highest BCUT2D eigenvalue weighted by Gasteiger charge is 2.14. The van der Waals surface area contributed by atoms with Gasteiger partial charge in [-0.1, -0.05) is 23.7 Å². The molecule has 1 unspecified atom stereocenters. The fraction of sp³-hybridized carbons (Fsp3) is 0.176. The van der Waals surface area contributed by atoms with E-state index in [1.54, 1.807) is 0 Å². The quantitative estimate of drug-likeness (QED) is 0.820. The van der Waals surface area contributed by atoms with E-state index >= 15 is 0 Å². The summed E-state index contributed by atoms with van der Waals surface area (Å²) in [4.78, 5) is 13.2. The molecule has 0 aliphatic rings. The van der Waals surface area contributed by atoms with Crippen LogP contribution in [0.3, 0.4) is 0 Å². The van der Waals surface area contributed by atoms with Crippen molar-refractivity contribution in [3.63, 3.8) is 0 Å². The summed E-state index contributed by atoms with van der Waals surface area (Å²) in [5.74, 6) is -0.0621. The maximum Gasteiger partial charge on any atom is 0.237 e. The number of nitrogens with zero attached hydrogens (tertiary/aromatic N) is 1. The molecule has 5 heteroatoms. The molecule has 0 aromatic heterocycles. The summed E-state index contributed by atoms with van der Waals surface area (Å²) >= 11 is 7.32. The number of thioether (sulfide) groups is 1. The molecule has 2 aromatic rings. The second kappa shape index (κ2) is 7.88. The van der Waals surface area contributed by atoms with Crippen LogP contribution < -0.4 is 5.32 Å². The molecule has 0 saturated heterocycles. The van der Waals surface area contributed by atoms with Gasteiger partial charge in [0.1, 0.15) is 0 Å². The molecule has 2 rings (SSSR count). The van der Waals surface area contributed by atoms with E-state index < -0.39 is 0 Å². The molecule has 0 spiro atoms. The maximum absolute atomic E-state index is 12.2. The highest BCUT2D eigenvalue weighted by Crippen LogP contribution is 2.25. The number of hydrogen-bond acceptors (Lipinski definition) is 3. The molecule has 0 saturated carbocycles. The van der Waals surface area contributed by atoms with Crippen molar-refractivity contribution in [2.45, 2.75) is 23.5 Å². The number of rotatable bonds is 5. The Kier molecular flexibility index (Phi) is 5.88. The molecular weight excluding hydrogens is 316 g/mol. The molecule has 112 valence electrons. The summed E-state index contributed by atoms with van der Waals surface area (Å²) in [5.41, 5.74) is 1.67. The molecule has 0 radical (unpaired) electrons. The third-order valence-corrected chi connectivity index (χ3v) is 4.36. The number of nitrogens with one attached hydrogen (secondary N) is 1. The van der Waals surface area contributed by atoms with E-state index in [4.69, 9.17) is 16.9 Å². The zero-order valence-corrected chi connectivity index (χ0v) is 13.6. The molecule has 0 fully saturated rings. The summed E-state index contributed by atoms with van der Waals surface area (Å²) in [5, 5.41) is 12.0. The number of benzene rings is 2. The normalized spacial score (nSPS) is 11.5. The minimum absolute atomic E-state index is 0.0621. The minimum Gasteiger partial charge on any atom is -0.325 e. The number of anilines is 1. The number of amides is 1. The van der Waals surface area contributed by atoms with Gasteiger partial charge in [-0.25, -0.2) is 0 Å². The van der Waals surface area contributed by atoms with Crippen molar-refractivity contribution in [1.82, 2.24) is 0 Å². The third kappa shape index (κ3) is 4.80. The fourth-order valence-corrected chi connectivity index (χ4v) is 2.81. The number of carbonyl (C=O) groups is 1. The van der Waals surface area contributed by atoms with Crippen LogP contribution in [0.5, 0.6) is 0 Å².